The van der Waals surface area contributed by atoms with Crippen LogP contribution in [-0.4, -0.2) is 49.7 Å². The van der Waals surface area contributed by atoms with Crippen molar-refractivity contribution < 1.29 is 19.1 Å². The summed E-state index contributed by atoms with van der Waals surface area (Å²) in [4.78, 5) is 28.7. The maximum absolute atomic E-state index is 12.7. The lowest BCUT2D eigenvalue weighted by Gasteiger charge is -2.17. The van der Waals surface area contributed by atoms with E-state index in [0.29, 0.717) is 37.7 Å². The number of thiophene rings is 1. The number of hydrogen-bond donors (Lipinski definition) is 0. The molecule has 0 unspecified atom stereocenters. The van der Waals surface area contributed by atoms with E-state index < -0.39 is 0 Å². The summed E-state index contributed by atoms with van der Waals surface area (Å²) in [6.45, 7) is 8.22. The first-order chi connectivity index (χ1) is 13.0. The predicted octanol–water partition coefficient (Wildman–Crippen LogP) is 3.86. The first kappa shape index (κ1) is 19.2. The molecule has 0 atom stereocenters. The number of nitrogens with zero attached hydrogens (tertiary/aromatic N) is 2. The second kappa shape index (κ2) is 8.43. The molecule has 1 aliphatic rings. The molecule has 144 valence electrons. The third-order valence-corrected chi connectivity index (χ3v) is 5.62. The molecule has 2 aromatic rings. The van der Waals surface area contributed by atoms with Crippen LogP contribution in [0.4, 0.5) is 9.80 Å². The highest BCUT2D eigenvalue weighted by molar-refractivity contribution is 7.18. The van der Waals surface area contributed by atoms with Gasteiger partial charge in [0, 0.05) is 13.1 Å². The molecule has 0 saturated carbocycles. The predicted molar refractivity (Wildman–Crippen MR) is 106 cm³/mol. The highest BCUT2D eigenvalue weighted by Crippen LogP contribution is 2.32. The number of aryl methyl sites for hydroxylation is 2. The average molecular weight is 388 g/mol. The second-order valence-electron chi connectivity index (χ2n) is 6.40. The molecular weight excluding hydrogens is 364 g/mol. The largest absolute Gasteiger partial charge is 0.492 e. The van der Waals surface area contributed by atoms with Crippen molar-refractivity contribution >= 4 is 28.3 Å². The van der Waals surface area contributed by atoms with Crippen LogP contribution in [0.1, 0.15) is 27.7 Å². The van der Waals surface area contributed by atoms with Crippen LogP contribution in [0.25, 0.3) is 0 Å². The Labute approximate surface area is 163 Å². The van der Waals surface area contributed by atoms with Gasteiger partial charge in [0.15, 0.2) is 0 Å². The van der Waals surface area contributed by atoms with E-state index in [-0.39, 0.29) is 12.0 Å². The summed E-state index contributed by atoms with van der Waals surface area (Å²) in [5.41, 5.74) is 2.02. The third-order valence-electron chi connectivity index (χ3n) is 4.38. The average Bonchev–Trinajstić information content (AvgIpc) is 3.20. The molecule has 0 aliphatic carbocycles. The molecule has 2 amide bonds. The van der Waals surface area contributed by atoms with Gasteiger partial charge in [-0.3, -0.25) is 4.90 Å². The lowest BCUT2D eigenvalue weighted by Crippen LogP contribution is -2.34. The summed E-state index contributed by atoms with van der Waals surface area (Å²) in [5.74, 6) is 0.471. The molecule has 1 aliphatic heterocycles. The Kier molecular flexibility index (Phi) is 6.01. The number of amides is 2. The van der Waals surface area contributed by atoms with Crippen LogP contribution in [0.2, 0.25) is 0 Å². The summed E-state index contributed by atoms with van der Waals surface area (Å²) >= 11 is 1.31. The Morgan fingerprint density at radius 2 is 1.93 bits per heavy atom. The summed E-state index contributed by atoms with van der Waals surface area (Å²) in [5, 5.41) is 0.780. The molecule has 1 saturated heterocycles. The quantitative estimate of drug-likeness (QED) is 0.676. The van der Waals surface area contributed by atoms with Gasteiger partial charge in [0.05, 0.1) is 13.2 Å². The fraction of sp³-hybridized carbons (Fsp3) is 0.400. The van der Waals surface area contributed by atoms with E-state index in [1.54, 1.807) is 16.7 Å². The van der Waals surface area contributed by atoms with Gasteiger partial charge < -0.3 is 14.4 Å². The fourth-order valence-corrected chi connectivity index (χ4v) is 3.99. The Morgan fingerprint density at radius 1 is 1.19 bits per heavy atom. The van der Waals surface area contributed by atoms with E-state index in [0.717, 1.165) is 16.3 Å². The number of ether oxygens (including phenoxy) is 2. The molecule has 6 nitrogen and oxygen atoms in total. The van der Waals surface area contributed by atoms with E-state index in [4.69, 9.17) is 9.47 Å². The van der Waals surface area contributed by atoms with Crippen LogP contribution >= 0.6 is 11.3 Å². The van der Waals surface area contributed by atoms with Crippen molar-refractivity contribution in [3.05, 3.63) is 46.3 Å². The number of carbonyl (C=O) groups is 2. The lowest BCUT2D eigenvalue weighted by atomic mass is 10.2. The summed E-state index contributed by atoms with van der Waals surface area (Å²) < 4.78 is 10.8. The minimum Gasteiger partial charge on any atom is -0.492 e. The smallest absolute Gasteiger partial charge is 0.348 e. The Hall–Kier alpha value is -2.54. The molecule has 1 fully saturated rings. The van der Waals surface area contributed by atoms with Gasteiger partial charge >= 0.3 is 12.0 Å². The maximum Gasteiger partial charge on any atom is 0.348 e. The van der Waals surface area contributed by atoms with Gasteiger partial charge in [-0.25, -0.2) is 9.59 Å². The zero-order valence-corrected chi connectivity index (χ0v) is 16.7. The minimum absolute atomic E-state index is 0.0563. The number of hydrogen-bond acceptors (Lipinski definition) is 5. The molecule has 0 bridgehead atoms. The lowest BCUT2D eigenvalue weighted by molar-refractivity contribution is 0.0531. The second-order valence-corrected chi connectivity index (χ2v) is 7.43. The SMILES string of the molecule is CCOC(=O)c1sc(N2CCN(CCOc3ccc(C)cc3)C2=O)cc1C. The molecule has 2 heterocycles. The van der Waals surface area contributed by atoms with Crippen LogP contribution in [0.15, 0.2) is 30.3 Å². The van der Waals surface area contributed by atoms with Crippen molar-refractivity contribution in [3.63, 3.8) is 0 Å². The molecule has 7 heteroatoms. The molecule has 3 rings (SSSR count). The standard InChI is InChI=1S/C20H24N2O4S/c1-4-25-19(23)18-15(3)13-17(27-18)22-10-9-21(20(22)24)11-12-26-16-7-5-14(2)6-8-16/h5-8,13H,4,9-12H2,1-3H3. The van der Waals surface area contributed by atoms with Crippen molar-refractivity contribution in [2.24, 2.45) is 0 Å². The van der Waals surface area contributed by atoms with Gasteiger partial charge in [0.1, 0.15) is 22.2 Å². The molecular formula is C20H24N2O4S. The van der Waals surface area contributed by atoms with Gasteiger partial charge in [-0.15, -0.1) is 11.3 Å². The fourth-order valence-electron chi connectivity index (χ4n) is 2.90. The molecule has 0 radical (unpaired) electrons. The Bertz CT molecular complexity index is 816. The number of anilines is 1. The van der Waals surface area contributed by atoms with Crippen molar-refractivity contribution in [1.29, 1.82) is 0 Å². The van der Waals surface area contributed by atoms with E-state index in [1.165, 1.54) is 16.9 Å². The number of carbonyl (C=O) groups excluding carboxylic acids is 2. The Morgan fingerprint density at radius 3 is 2.63 bits per heavy atom. The summed E-state index contributed by atoms with van der Waals surface area (Å²) in [6, 6.07) is 9.68. The van der Waals surface area contributed by atoms with Crippen molar-refractivity contribution in [3.8, 4) is 5.75 Å². The van der Waals surface area contributed by atoms with E-state index >= 15 is 0 Å². The van der Waals surface area contributed by atoms with Crippen LogP contribution in [-0.2, 0) is 4.74 Å². The summed E-state index contributed by atoms with van der Waals surface area (Å²) in [7, 11) is 0. The zero-order valence-electron chi connectivity index (χ0n) is 15.9. The molecule has 1 aromatic carbocycles. The topological polar surface area (TPSA) is 59.1 Å². The van der Waals surface area contributed by atoms with E-state index in [2.05, 4.69) is 0 Å². The van der Waals surface area contributed by atoms with Crippen molar-refractivity contribution in [2.45, 2.75) is 20.8 Å². The van der Waals surface area contributed by atoms with Crippen molar-refractivity contribution in [1.82, 2.24) is 4.90 Å². The Balaban J connectivity index is 1.57. The van der Waals surface area contributed by atoms with Gasteiger partial charge in [0.25, 0.3) is 0 Å². The molecule has 0 spiro atoms. The van der Waals surface area contributed by atoms with Crippen LogP contribution in [0.3, 0.4) is 0 Å². The highest BCUT2D eigenvalue weighted by atomic mass is 32.1. The van der Waals surface area contributed by atoms with E-state index in [9.17, 15) is 9.59 Å². The monoisotopic (exact) mass is 388 g/mol. The number of urea groups is 1. The van der Waals surface area contributed by atoms with E-state index in [1.807, 2.05) is 44.2 Å². The first-order valence-electron chi connectivity index (χ1n) is 9.03. The third kappa shape index (κ3) is 4.42. The molecule has 27 heavy (non-hydrogen) atoms. The normalized spacial score (nSPS) is 14.0. The first-order valence-corrected chi connectivity index (χ1v) is 9.84. The van der Waals surface area contributed by atoms with Gasteiger partial charge in [-0.05, 0) is 44.5 Å². The minimum atomic E-state index is -0.332. The van der Waals surface area contributed by atoms with Crippen LogP contribution in [0.5, 0.6) is 5.75 Å². The van der Waals surface area contributed by atoms with Crippen molar-refractivity contribution in [2.75, 3.05) is 37.7 Å². The maximum atomic E-state index is 12.7. The zero-order chi connectivity index (χ0) is 19.4. The van der Waals surface area contributed by atoms with Gasteiger partial charge in [0.2, 0.25) is 0 Å². The van der Waals surface area contributed by atoms with Gasteiger partial charge in [-0.1, -0.05) is 17.7 Å². The number of esters is 1. The molecule has 1 aromatic heterocycles. The number of rotatable bonds is 7. The van der Waals surface area contributed by atoms with Gasteiger partial charge in [-0.2, -0.15) is 0 Å². The van der Waals surface area contributed by atoms with Crippen LogP contribution in [0, 0.1) is 13.8 Å². The molecule has 0 N–H and O–H groups in total. The summed E-state index contributed by atoms with van der Waals surface area (Å²) in [6.07, 6.45) is 0. The van der Waals surface area contributed by atoms with Crippen LogP contribution < -0.4 is 9.64 Å². The highest BCUT2D eigenvalue weighted by Gasteiger charge is 2.31. The number of benzene rings is 1.